The van der Waals surface area contributed by atoms with Crippen molar-refractivity contribution in [2.24, 2.45) is 0 Å². The molecule has 5 heteroatoms. The summed E-state index contributed by atoms with van der Waals surface area (Å²) in [6, 6.07) is 4.08. The van der Waals surface area contributed by atoms with Gasteiger partial charge in [-0.05, 0) is 57.9 Å². The van der Waals surface area contributed by atoms with Crippen molar-refractivity contribution in [3.05, 3.63) is 29.1 Å². The van der Waals surface area contributed by atoms with Gasteiger partial charge in [0.25, 0.3) is 0 Å². The van der Waals surface area contributed by atoms with Crippen LogP contribution in [-0.2, 0) is 6.54 Å². The summed E-state index contributed by atoms with van der Waals surface area (Å²) in [5.41, 5.74) is 2.26. The first-order valence-electron chi connectivity index (χ1n) is 7.00. The topological polar surface area (TPSA) is 60.2 Å². The number of benzene rings is 1. The summed E-state index contributed by atoms with van der Waals surface area (Å²) in [5.74, 6) is 2.35. The number of nitrogens with zero attached hydrogens (tertiary/aromatic N) is 3. The first-order chi connectivity index (χ1) is 9.71. The lowest BCUT2D eigenvalue weighted by atomic mass is 10.0. The SMILES string of the molecule is COc1c(C)cc(-c2nc(C)nn2CC(C)(C)O)cc1C. The van der Waals surface area contributed by atoms with Crippen LogP contribution in [0.4, 0.5) is 0 Å². The monoisotopic (exact) mass is 289 g/mol. The van der Waals surface area contributed by atoms with Gasteiger partial charge < -0.3 is 9.84 Å². The molecule has 0 saturated carbocycles. The molecule has 0 amide bonds. The van der Waals surface area contributed by atoms with Crippen LogP contribution >= 0.6 is 0 Å². The van der Waals surface area contributed by atoms with E-state index in [1.165, 1.54) is 0 Å². The minimum atomic E-state index is -0.842. The highest BCUT2D eigenvalue weighted by atomic mass is 16.5. The summed E-state index contributed by atoms with van der Waals surface area (Å²) < 4.78 is 7.16. The van der Waals surface area contributed by atoms with E-state index in [0.717, 1.165) is 28.3 Å². The van der Waals surface area contributed by atoms with Gasteiger partial charge in [0, 0.05) is 5.56 Å². The highest BCUT2D eigenvalue weighted by Gasteiger charge is 2.19. The van der Waals surface area contributed by atoms with E-state index in [1.54, 1.807) is 25.6 Å². The van der Waals surface area contributed by atoms with Crippen LogP contribution in [0.25, 0.3) is 11.4 Å². The molecule has 0 atom stereocenters. The van der Waals surface area contributed by atoms with Gasteiger partial charge in [-0.2, -0.15) is 5.10 Å². The molecule has 0 bridgehead atoms. The Hall–Kier alpha value is -1.88. The Morgan fingerprint density at radius 1 is 1.19 bits per heavy atom. The van der Waals surface area contributed by atoms with Gasteiger partial charge in [0.15, 0.2) is 5.82 Å². The van der Waals surface area contributed by atoms with Crippen LogP contribution in [-0.4, -0.2) is 32.6 Å². The molecule has 0 saturated heterocycles. The zero-order valence-electron chi connectivity index (χ0n) is 13.6. The van der Waals surface area contributed by atoms with Gasteiger partial charge in [-0.25, -0.2) is 9.67 Å². The van der Waals surface area contributed by atoms with E-state index >= 15 is 0 Å². The lowest BCUT2D eigenvalue weighted by Gasteiger charge is -2.18. The van der Waals surface area contributed by atoms with Crippen molar-refractivity contribution in [2.45, 2.75) is 46.8 Å². The second-order valence-corrected chi connectivity index (χ2v) is 6.10. The summed E-state index contributed by atoms with van der Waals surface area (Å²) in [6.45, 7) is 9.80. The normalized spacial score (nSPS) is 11.8. The van der Waals surface area contributed by atoms with E-state index in [4.69, 9.17) is 4.74 Å². The van der Waals surface area contributed by atoms with Crippen LogP contribution < -0.4 is 4.74 Å². The molecule has 1 N–H and O–H groups in total. The third kappa shape index (κ3) is 3.42. The molecule has 0 unspecified atom stereocenters. The van der Waals surface area contributed by atoms with Crippen molar-refractivity contribution in [3.63, 3.8) is 0 Å². The standard InChI is InChI=1S/C16H23N3O2/c1-10-7-13(8-11(2)14(10)21-6)15-17-12(3)18-19(15)9-16(4,5)20/h7-8,20H,9H2,1-6H3. The van der Waals surface area contributed by atoms with Gasteiger partial charge in [-0.1, -0.05) is 0 Å². The minimum Gasteiger partial charge on any atom is -0.496 e. The molecule has 1 aromatic carbocycles. The van der Waals surface area contributed by atoms with Gasteiger partial charge in [-0.15, -0.1) is 0 Å². The maximum atomic E-state index is 10.0. The first kappa shape index (κ1) is 15.5. The zero-order valence-corrected chi connectivity index (χ0v) is 13.6. The molecular formula is C16H23N3O2. The minimum absolute atomic E-state index is 0.396. The van der Waals surface area contributed by atoms with Crippen LogP contribution in [0.1, 0.15) is 30.8 Å². The smallest absolute Gasteiger partial charge is 0.158 e. The number of aryl methyl sites for hydroxylation is 3. The Kier molecular flexibility index (Phi) is 4.05. The van der Waals surface area contributed by atoms with Crippen molar-refractivity contribution < 1.29 is 9.84 Å². The van der Waals surface area contributed by atoms with Crippen LogP contribution in [0.5, 0.6) is 5.75 Å². The summed E-state index contributed by atoms with van der Waals surface area (Å²) in [6.07, 6.45) is 0. The van der Waals surface area contributed by atoms with E-state index in [0.29, 0.717) is 12.4 Å². The summed E-state index contributed by atoms with van der Waals surface area (Å²) in [7, 11) is 1.68. The number of aromatic nitrogens is 3. The molecule has 0 aliphatic rings. The van der Waals surface area contributed by atoms with Crippen LogP contribution in [0, 0.1) is 20.8 Å². The third-order valence-electron chi connectivity index (χ3n) is 3.24. The van der Waals surface area contributed by atoms with Crippen molar-refractivity contribution in [1.82, 2.24) is 14.8 Å². The van der Waals surface area contributed by atoms with Crippen molar-refractivity contribution >= 4 is 0 Å². The number of hydrogen-bond acceptors (Lipinski definition) is 4. The molecule has 1 heterocycles. The Bertz CT molecular complexity index is 631. The van der Waals surface area contributed by atoms with Crippen LogP contribution in [0.2, 0.25) is 0 Å². The molecule has 5 nitrogen and oxygen atoms in total. The fourth-order valence-corrected chi connectivity index (χ4v) is 2.55. The van der Waals surface area contributed by atoms with Crippen molar-refractivity contribution in [3.8, 4) is 17.1 Å². The molecule has 0 aliphatic carbocycles. The number of aliphatic hydroxyl groups is 1. The van der Waals surface area contributed by atoms with Gasteiger partial charge in [0.2, 0.25) is 0 Å². The number of hydrogen-bond donors (Lipinski definition) is 1. The second kappa shape index (κ2) is 5.48. The van der Waals surface area contributed by atoms with Gasteiger partial charge in [0.1, 0.15) is 11.6 Å². The average molecular weight is 289 g/mol. The van der Waals surface area contributed by atoms with Gasteiger partial charge >= 0.3 is 0 Å². The molecule has 0 fully saturated rings. The Morgan fingerprint density at radius 2 is 1.76 bits per heavy atom. The largest absolute Gasteiger partial charge is 0.496 e. The Balaban J connectivity index is 2.52. The maximum Gasteiger partial charge on any atom is 0.158 e. The lowest BCUT2D eigenvalue weighted by molar-refractivity contribution is 0.0581. The van der Waals surface area contributed by atoms with Gasteiger partial charge in [0.05, 0.1) is 19.3 Å². The maximum absolute atomic E-state index is 10.0. The van der Waals surface area contributed by atoms with E-state index in [1.807, 2.05) is 32.9 Å². The van der Waals surface area contributed by atoms with Crippen molar-refractivity contribution in [2.75, 3.05) is 7.11 Å². The molecule has 0 radical (unpaired) electrons. The Labute approximate surface area is 125 Å². The highest BCUT2D eigenvalue weighted by molar-refractivity contribution is 5.61. The quantitative estimate of drug-likeness (QED) is 0.940. The average Bonchev–Trinajstić information content (AvgIpc) is 2.67. The fraction of sp³-hybridized carbons (Fsp3) is 0.500. The molecule has 2 aromatic rings. The number of ether oxygens (including phenoxy) is 1. The van der Waals surface area contributed by atoms with Crippen LogP contribution in [0.15, 0.2) is 12.1 Å². The lowest BCUT2D eigenvalue weighted by Crippen LogP contribution is -2.27. The fourth-order valence-electron chi connectivity index (χ4n) is 2.55. The molecule has 2 rings (SSSR count). The van der Waals surface area contributed by atoms with Crippen LogP contribution in [0.3, 0.4) is 0 Å². The van der Waals surface area contributed by atoms with E-state index < -0.39 is 5.60 Å². The third-order valence-corrected chi connectivity index (χ3v) is 3.24. The number of methoxy groups -OCH3 is 1. The molecule has 0 spiro atoms. The highest BCUT2D eigenvalue weighted by Crippen LogP contribution is 2.29. The molecule has 21 heavy (non-hydrogen) atoms. The van der Waals surface area contributed by atoms with E-state index in [-0.39, 0.29) is 0 Å². The zero-order chi connectivity index (χ0) is 15.8. The van der Waals surface area contributed by atoms with Gasteiger partial charge in [-0.3, -0.25) is 0 Å². The molecule has 1 aromatic heterocycles. The second-order valence-electron chi connectivity index (χ2n) is 6.10. The summed E-state index contributed by atoms with van der Waals surface area (Å²) in [5, 5.41) is 14.4. The number of rotatable bonds is 4. The first-order valence-corrected chi connectivity index (χ1v) is 7.00. The van der Waals surface area contributed by atoms with E-state index in [2.05, 4.69) is 10.1 Å². The van der Waals surface area contributed by atoms with Crippen molar-refractivity contribution in [1.29, 1.82) is 0 Å². The molecule has 0 aliphatic heterocycles. The molecule has 114 valence electrons. The summed E-state index contributed by atoms with van der Waals surface area (Å²) in [4.78, 5) is 4.50. The summed E-state index contributed by atoms with van der Waals surface area (Å²) >= 11 is 0. The predicted octanol–water partition coefficient (Wildman–Crippen LogP) is 2.65. The van der Waals surface area contributed by atoms with E-state index in [9.17, 15) is 5.11 Å². The molecular weight excluding hydrogens is 266 g/mol. The predicted molar refractivity (Wildman–Crippen MR) is 82.5 cm³/mol. The Morgan fingerprint density at radius 3 is 2.24 bits per heavy atom.